The summed E-state index contributed by atoms with van der Waals surface area (Å²) in [4.78, 5) is 24.4. The number of rotatable bonds is 6. The molecule has 0 spiro atoms. The van der Waals surface area contributed by atoms with Gasteiger partial charge in [0.1, 0.15) is 6.04 Å². The molecule has 1 atom stereocenters. The van der Waals surface area contributed by atoms with Gasteiger partial charge in [-0.1, -0.05) is 6.07 Å². The third-order valence-electron chi connectivity index (χ3n) is 3.48. The average Bonchev–Trinajstić information content (AvgIpc) is 2.51. The molecule has 0 fully saturated rings. The standard InChI is InChI=1S/C14H20N2O5S/c1-5-15(3)13(17)11-7-6-8-12(9-11)22(20,21)16(4)10(2)14(18)19/h6-10H,5H2,1-4H3,(H,18,19). The van der Waals surface area contributed by atoms with Crippen LogP contribution in [0.1, 0.15) is 24.2 Å². The number of nitrogens with zero attached hydrogens (tertiary/aromatic N) is 2. The van der Waals surface area contributed by atoms with Gasteiger partial charge in [-0.3, -0.25) is 9.59 Å². The van der Waals surface area contributed by atoms with Crippen molar-refractivity contribution in [2.24, 2.45) is 0 Å². The second kappa shape index (κ2) is 6.89. The van der Waals surface area contributed by atoms with Crippen LogP contribution in [0.25, 0.3) is 0 Å². The van der Waals surface area contributed by atoms with Crippen LogP contribution >= 0.6 is 0 Å². The molecule has 0 aliphatic heterocycles. The van der Waals surface area contributed by atoms with Crippen molar-refractivity contribution in [1.82, 2.24) is 9.21 Å². The van der Waals surface area contributed by atoms with E-state index in [1.807, 2.05) is 0 Å². The molecule has 1 aromatic carbocycles. The summed E-state index contributed by atoms with van der Waals surface area (Å²) in [6, 6.07) is 4.37. The molecule has 1 aromatic rings. The van der Waals surface area contributed by atoms with Crippen LogP contribution in [-0.4, -0.2) is 61.3 Å². The summed E-state index contributed by atoms with van der Waals surface area (Å²) in [5.74, 6) is -1.54. The van der Waals surface area contributed by atoms with Crippen LogP contribution in [0, 0.1) is 0 Å². The van der Waals surface area contributed by atoms with Crippen LogP contribution in [0.3, 0.4) is 0 Å². The minimum Gasteiger partial charge on any atom is -0.480 e. The van der Waals surface area contributed by atoms with E-state index < -0.39 is 22.0 Å². The zero-order valence-corrected chi connectivity index (χ0v) is 13.8. The number of carboxylic acids is 1. The molecule has 0 saturated carbocycles. The summed E-state index contributed by atoms with van der Waals surface area (Å²) in [5.41, 5.74) is 0.238. The van der Waals surface area contributed by atoms with Gasteiger partial charge in [-0.25, -0.2) is 8.42 Å². The van der Waals surface area contributed by atoms with Gasteiger partial charge in [-0.2, -0.15) is 4.31 Å². The molecule has 0 aromatic heterocycles. The van der Waals surface area contributed by atoms with E-state index in [0.717, 1.165) is 4.31 Å². The molecule has 0 aliphatic carbocycles. The molecule has 1 amide bonds. The molecule has 1 unspecified atom stereocenters. The van der Waals surface area contributed by atoms with Crippen LogP contribution in [0.5, 0.6) is 0 Å². The van der Waals surface area contributed by atoms with E-state index in [0.29, 0.717) is 6.54 Å². The maximum atomic E-state index is 12.4. The minimum absolute atomic E-state index is 0.113. The molecule has 0 radical (unpaired) electrons. The fraction of sp³-hybridized carbons (Fsp3) is 0.429. The Morgan fingerprint density at radius 3 is 2.36 bits per heavy atom. The van der Waals surface area contributed by atoms with Crippen LogP contribution in [-0.2, 0) is 14.8 Å². The first-order chi connectivity index (χ1) is 10.1. The first-order valence-electron chi connectivity index (χ1n) is 6.69. The Hall–Kier alpha value is -1.93. The van der Waals surface area contributed by atoms with Crippen molar-refractivity contribution in [3.05, 3.63) is 29.8 Å². The monoisotopic (exact) mass is 328 g/mol. The second-order valence-corrected chi connectivity index (χ2v) is 6.88. The fourth-order valence-electron chi connectivity index (χ4n) is 1.68. The van der Waals surface area contributed by atoms with Gasteiger partial charge in [0, 0.05) is 26.2 Å². The van der Waals surface area contributed by atoms with Gasteiger partial charge < -0.3 is 10.0 Å². The van der Waals surface area contributed by atoms with Crippen LogP contribution < -0.4 is 0 Å². The van der Waals surface area contributed by atoms with E-state index in [1.54, 1.807) is 14.0 Å². The Kier molecular flexibility index (Phi) is 5.67. The van der Waals surface area contributed by atoms with E-state index in [2.05, 4.69) is 0 Å². The van der Waals surface area contributed by atoms with Crippen molar-refractivity contribution in [3.8, 4) is 0 Å². The van der Waals surface area contributed by atoms with E-state index in [9.17, 15) is 18.0 Å². The summed E-state index contributed by atoms with van der Waals surface area (Å²) in [7, 11) is -1.18. The molecule has 8 heteroatoms. The van der Waals surface area contributed by atoms with Gasteiger partial charge in [-0.15, -0.1) is 0 Å². The Labute approximate surface area is 130 Å². The predicted octanol–water partition coefficient (Wildman–Crippen LogP) is 0.872. The summed E-state index contributed by atoms with van der Waals surface area (Å²) in [5, 5.41) is 8.94. The molecule has 1 N–H and O–H groups in total. The van der Waals surface area contributed by atoms with Crippen molar-refractivity contribution in [1.29, 1.82) is 0 Å². The van der Waals surface area contributed by atoms with Crippen molar-refractivity contribution in [3.63, 3.8) is 0 Å². The first kappa shape index (κ1) is 18.1. The molecular weight excluding hydrogens is 308 g/mol. The van der Waals surface area contributed by atoms with E-state index >= 15 is 0 Å². The number of sulfonamides is 1. The summed E-state index contributed by atoms with van der Waals surface area (Å²) < 4.78 is 25.6. The van der Waals surface area contributed by atoms with Crippen LogP contribution in [0.4, 0.5) is 0 Å². The lowest BCUT2D eigenvalue weighted by atomic mass is 10.2. The highest BCUT2D eigenvalue weighted by Crippen LogP contribution is 2.18. The van der Waals surface area contributed by atoms with Crippen molar-refractivity contribution < 1.29 is 23.1 Å². The van der Waals surface area contributed by atoms with Crippen LogP contribution in [0.2, 0.25) is 0 Å². The number of amides is 1. The minimum atomic E-state index is -3.99. The van der Waals surface area contributed by atoms with Crippen LogP contribution in [0.15, 0.2) is 29.2 Å². The average molecular weight is 328 g/mol. The maximum Gasteiger partial charge on any atom is 0.321 e. The molecule has 0 saturated heterocycles. The fourth-order valence-corrected chi connectivity index (χ4v) is 3.05. The van der Waals surface area contributed by atoms with E-state index in [4.69, 9.17) is 5.11 Å². The number of hydrogen-bond donors (Lipinski definition) is 1. The summed E-state index contributed by atoms with van der Waals surface area (Å²) in [6.45, 7) is 3.58. The highest BCUT2D eigenvalue weighted by molar-refractivity contribution is 7.89. The lowest BCUT2D eigenvalue weighted by Gasteiger charge is -2.21. The summed E-state index contributed by atoms with van der Waals surface area (Å²) in [6.07, 6.45) is 0. The molecule has 0 bridgehead atoms. The Morgan fingerprint density at radius 2 is 1.86 bits per heavy atom. The lowest BCUT2D eigenvalue weighted by molar-refractivity contribution is -0.140. The number of hydrogen-bond acceptors (Lipinski definition) is 4. The van der Waals surface area contributed by atoms with Crippen molar-refractivity contribution in [2.45, 2.75) is 24.8 Å². The molecular formula is C14H20N2O5S. The quantitative estimate of drug-likeness (QED) is 0.836. The number of benzene rings is 1. The Morgan fingerprint density at radius 1 is 1.27 bits per heavy atom. The lowest BCUT2D eigenvalue weighted by Crippen LogP contribution is -2.40. The van der Waals surface area contributed by atoms with Gasteiger partial charge in [0.25, 0.3) is 5.91 Å². The molecule has 0 aliphatic rings. The summed E-state index contributed by atoms with van der Waals surface area (Å²) >= 11 is 0. The smallest absolute Gasteiger partial charge is 0.321 e. The third kappa shape index (κ3) is 3.63. The number of aliphatic carboxylic acids is 1. The molecule has 0 heterocycles. The largest absolute Gasteiger partial charge is 0.480 e. The van der Waals surface area contributed by atoms with Gasteiger partial charge in [-0.05, 0) is 32.0 Å². The van der Waals surface area contributed by atoms with E-state index in [-0.39, 0.29) is 16.4 Å². The Balaban J connectivity index is 3.22. The van der Waals surface area contributed by atoms with Gasteiger partial charge in [0.15, 0.2) is 0 Å². The normalized spacial score (nSPS) is 13.0. The van der Waals surface area contributed by atoms with E-state index in [1.165, 1.54) is 43.1 Å². The van der Waals surface area contributed by atoms with Gasteiger partial charge in [0.05, 0.1) is 4.90 Å². The number of carboxylic acid groups (broad SMARTS) is 1. The molecule has 122 valence electrons. The zero-order valence-electron chi connectivity index (χ0n) is 13.0. The predicted molar refractivity (Wildman–Crippen MR) is 81.1 cm³/mol. The molecule has 7 nitrogen and oxygen atoms in total. The third-order valence-corrected chi connectivity index (χ3v) is 5.41. The van der Waals surface area contributed by atoms with Gasteiger partial charge >= 0.3 is 5.97 Å². The highest BCUT2D eigenvalue weighted by Gasteiger charge is 2.29. The highest BCUT2D eigenvalue weighted by atomic mass is 32.2. The van der Waals surface area contributed by atoms with Crippen molar-refractivity contribution in [2.75, 3.05) is 20.6 Å². The molecule has 22 heavy (non-hydrogen) atoms. The topological polar surface area (TPSA) is 95.0 Å². The zero-order chi connectivity index (χ0) is 17.1. The first-order valence-corrected chi connectivity index (χ1v) is 8.13. The second-order valence-electron chi connectivity index (χ2n) is 4.88. The SMILES string of the molecule is CCN(C)C(=O)c1cccc(S(=O)(=O)N(C)C(C)C(=O)O)c1. The van der Waals surface area contributed by atoms with Crippen molar-refractivity contribution >= 4 is 21.9 Å². The van der Waals surface area contributed by atoms with Gasteiger partial charge in [0.2, 0.25) is 10.0 Å². The maximum absolute atomic E-state index is 12.4. The number of carbonyl (C=O) groups excluding carboxylic acids is 1. The number of carbonyl (C=O) groups is 2. The Bertz CT molecular complexity index is 672. The molecule has 1 rings (SSSR count). The number of likely N-dealkylation sites (N-methyl/N-ethyl adjacent to an activating group) is 1.